The molecule has 0 spiro atoms. The van der Waals surface area contributed by atoms with Gasteiger partial charge in [-0.2, -0.15) is 4.99 Å². The Morgan fingerprint density at radius 1 is 1.13 bits per heavy atom. The van der Waals surface area contributed by atoms with Crippen molar-refractivity contribution < 1.29 is 9.90 Å². The first-order valence-corrected chi connectivity index (χ1v) is 13.8. The zero-order valence-corrected chi connectivity index (χ0v) is 22.8. The Morgan fingerprint density at radius 3 is 2.63 bits per heavy atom. The maximum atomic E-state index is 12.2. The Hall–Kier alpha value is -3.30. The third-order valence-electron chi connectivity index (χ3n) is 7.49. The van der Waals surface area contributed by atoms with Gasteiger partial charge in [-0.3, -0.25) is 4.79 Å². The van der Waals surface area contributed by atoms with Crippen molar-refractivity contribution >= 4 is 35.0 Å². The van der Waals surface area contributed by atoms with Crippen LogP contribution >= 0.6 is 11.6 Å². The molecule has 2 aromatic rings. The second-order valence-electron chi connectivity index (χ2n) is 10.1. The van der Waals surface area contributed by atoms with Gasteiger partial charge in [0, 0.05) is 63.2 Å². The number of aliphatic imine (C=N–C) groups is 1. The summed E-state index contributed by atoms with van der Waals surface area (Å²) in [5.41, 5.74) is 1.54. The molecule has 0 bridgehead atoms. The van der Waals surface area contributed by atoms with E-state index in [2.05, 4.69) is 74.1 Å². The highest BCUT2D eigenvalue weighted by molar-refractivity contribution is 6.33. The van der Waals surface area contributed by atoms with Crippen LogP contribution in [0.5, 0.6) is 0 Å². The van der Waals surface area contributed by atoms with Crippen LogP contribution in [0.3, 0.4) is 0 Å². The van der Waals surface area contributed by atoms with Crippen molar-refractivity contribution in [1.82, 2.24) is 20.1 Å². The van der Waals surface area contributed by atoms with E-state index < -0.39 is 0 Å². The first-order valence-electron chi connectivity index (χ1n) is 13.4. The minimum absolute atomic E-state index is 0.115. The lowest BCUT2D eigenvalue weighted by atomic mass is 10.1. The van der Waals surface area contributed by atoms with E-state index in [4.69, 9.17) is 21.7 Å². The minimum atomic E-state index is -0.298. The van der Waals surface area contributed by atoms with Gasteiger partial charge in [-0.05, 0) is 51.0 Å². The molecule has 2 N–H and O–H groups in total. The van der Waals surface area contributed by atoms with Crippen LogP contribution < -0.4 is 15.1 Å². The molecule has 1 amide bonds. The molecule has 9 nitrogen and oxygen atoms in total. The first-order chi connectivity index (χ1) is 18.5. The summed E-state index contributed by atoms with van der Waals surface area (Å²) in [4.78, 5) is 31.3. The number of aliphatic hydroxyl groups is 1. The molecule has 3 aliphatic rings. The SMILES string of the molecule is C[C@@H]1CN(c2ncc(C(=O)NCCO)cc2Cl)CCN1C1=CCN(c2ccccc2)C(N2CCC[C@H]2C)=N1. The molecule has 3 aliphatic heterocycles. The quantitative estimate of drug-likeness (QED) is 0.585. The molecule has 0 aliphatic carbocycles. The molecule has 0 saturated carbocycles. The van der Waals surface area contributed by atoms with E-state index in [0.29, 0.717) is 22.4 Å². The summed E-state index contributed by atoms with van der Waals surface area (Å²) >= 11 is 6.56. The number of halogens is 1. The van der Waals surface area contributed by atoms with Crippen LogP contribution in [0.4, 0.5) is 11.5 Å². The number of hydrogen-bond acceptors (Lipinski definition) is 8. The molecule has 202 valence electrons. The molecule has 5 rings (SSSR count). The molecule has 2 saturated heterocycles. The van der Waals surface area contributed by atoms with Gasteiger partial charge in [-0.15, -0.1) is 0 Å². The smallest absolute Gasteiger partial charge is 0.252 e. The number of benzene rings is 1. The first kappa shape index (κ1) is 26.3. The Bertz CT molecular complexity index is 1200. The van der Waals surface area contributed by atoms with E-state index in [1.807, 2.05) is 6.07 Å². The number of aliphatic hydroxyl groups excluding tert-OH is 1. The number of nitrogens with one attached hydrogen (secondary N) is 1. The fourth-order valence-corrected chi connectivity index (χ4v) is 5.76. The minimum Gasteiger partial charge on any atom is -0.395 e. The van der Waals surface area contributed by atoms with E-state index in [1.165, 1.54) is 12.8 Å². The summed E-state index contributed by atoms with van der Waals surface area (Å²) in [6.07, 6.45) is 6.15. The number of para-hydroxylation sites is 1. The predicted molar refractivity (Wildman–Crippen MR) is 152 cm³/mol. The topological polar surface area (TPSA) is 87.5 Å². The van der Waals surface area contributed by atoms with Crippen molar-refractivity contribution in [3.8, 4) is 0 Å². The second kappa shape index (κ2) is 11.6. The summed E-state index contributed by atoms with van der Waals surface area (Å²) in [6.45, 7) is 8.66. The number of hydrogen-bond donors (Lipinski definition) is 2. The summed E-state index contributed by atoms with van der Waals surface area (Å²) in [5, 5.41) is 12.0. The molecule has 38 heavy (non-hydrogen) atoms. The molecule has 0 unspecified atom stereocenters. The maximum Gasteiger partial charge on any atom is 0.252 e. The molecule has 2 fully saturated rings. The van der Waals surface area contributed by atoms with Gasteiger partial charge in [0.1, 0.15) is 11.6 Å². The monoisotopic (exact) mass is 537 g/mol. The number of carbonyl (C=O) groups excluding carboxylic acids is 1. The zero-order chi connectivity index (χ0) is 26.6. The van der Waals surface area contributed by atoms with E-state index in [1.54, 1.807) is 12.3 Å². The average Bonchev–Trinajstić information content (AvgIpc) is 3.37. The van der Waals surface area contributed by atoms with Crippen LogP contribution in [0.1, 0.15) is 37.0 Å². The molecule has 10 heteroatoms. The molecule has 1 aromatic carbocycles. The number of guanidine groups is 1. The Labute approximate surface area is 229 Å². The Kier molecular flexibility index (Phi) is 8.04. The van der Waals surface area contributed by atoms with Crippen LogP contribution in [0.15, 0.2) is 59.5 Å². The van der Waals surface area contributed by atoms with Gasteiger partial charge in [-0.1, -0.05) is 29.8 Å². The lowest BCUT2D eigenvalue weighted by molar-refractivity contribution is 0.0944. The molecule has 4 heterocycles. The van der Waals surface area contributed by atoms with Gasteiger partial charge in [0.05, 0.1) is 17.2 Å². The fraction of sp³-hybridized carbons (Fsp3) is 0.464. The van der Waals surface area contributed by atoms with Gasteiger partial charge in [-0.25, -0.2) is 4.98 Å². The van der Waals surface area contributed by atoms with Crippen LogP contribution in [0.2, 0.25) is 5.02 Å². The fourth-order valence-electron chi connectivity index (χ4n) is 5.47. The van der Waals surface area contributed by atoms with Gasteiger partial charge < -0.3 is 30.0 Å². The van der Waals surface area contributed by atoms with Crippen molar-refractivity contribution in [1.29, 1.82) is 0 Å². The van der Waals surface area contributed by atoms with E-state index in [0.717, 1.165) is 50.2 Å². The molecular weight excluding hydrogens is 502 g/mol. The van der Waals surface area contributed by atoms with Gasteiger partial charge in [0.2, 0.25) is 5.96 Å². The lowest BCUT2D eigenvalue weighted by Gasteiger charge is -2.44. The number of anilines is 2. The highest BCUT2D eigenvalue weighted by Gasteiger charge is 2.33. The Morgan fingerprint density at radius 2 is 1.95 bits per heavy atom. The highest BCUT2D eigenvalue weighted by atomic mass is 35.5. The van der Waals surface area contributed by atoms with E-state index in [9.17, 15) is 4.79 Å². The number of piperazine rings is 1. The molecular formula is C28H36ClN7O2. The van der Waals surface area contributed by atoms with Crippen LogP contribution in [-0.4, -0.2) is 89.7 Å². The van der Waals surface area contributed by atoms with Crippen LogP contribution in [0.25, 0.3) is 0 Å². The highest BCUT2D eigenvalue weighted by Crippen LogP contribution is 2.30. The second-order valence-corrected chi connectivity index (χ2v) is 10.5. The van der Waals surface area contributed by atoms with Crippen LogP contribution in [0, 0.1) is 0 Å². The number of amides is 1. The molecule has 0 radical (unpaired) electrons. The molecule has 1 aromatic heterocycles. The van der Waals surface area contributed by atoms with Crippen molar-refractivity contribution in [2.75, 3.05) is 55.7 Å². The van der Waals surface area contributed by atoms with Gasteiger partial charge in [0.25, 0.3) is 5.91 Å². The van der Waals surface area contributed by atoms with Crippen molar-refractivity contribution in [2.24, 2.45) is 4.99 Å². The van der Waals surface area contributed by atoms with E-state index in [-0.39, 0.29) is 25.1 Å². The van der Waals surface area contributed by atoms with E-state index >= 15 is 0 Å². The maximum absolute atomic E-state index is 12.2. The third-order valence-corrected chi connectivity index (χ3v) is 7.77. The molecule has 2 atom stereocenters. The van der Waals surface area contributed by atoms with Crippen LogP contribution in [-0.2, 0) is 0 Å². The number of pyridine rings is 1. The number of carbonyl (C=O) groups is 1. The summed E-state index contributed by atoms with van der Waals surface area (Å²) in [7, 11) is 0. The third kappa shape index (κ3) is 5.44. The average molecular weight is 538 g/mol. The number of rotatable bonds is 6. The standard InChI is InChI=1S/C28H36ClN7O2/c1-20-7-6-12-35(20)28-32-25(10-13-36(28)23-8-4-3-5-9-23)34-15-14-33(19-21(34)2)26-24(29)17-22(18-31-26)27(38)30-11-16-37/h3-5,8-10,17-18,20-21,37H,6-7,11-16,19H2,1-2H3,(H,30,38)/t20-,21-/m1/s1. The van der Waals surface area contributed by atoms with Crippen molar-refractivity contribution in [3.63, 3.8) is 0 Å². The van der Waals surface area contributed by atoms with Crippen molar-refractivity contribution in [3.05, 3.63) is 65.1 Å². The predicted octanol–water partition coefficient (Wildman–Crippen LogP) is 3.17. The summed E-state index contributed by atoms with van der Waals surface area (Å²) in [5.74, 6) is 2.44. The number of nitrogens with zero attached hydrogens (tertiary/aromatic N) is 6. The number of likely N-dealkylation sites (tertiary alicyclic amines) is 1. The lowest BCUT2D eigenvalue weighted by Crippen LogP contribution is -2.53. The summed E-state index contributed by atoms with van der Waals surface area (Å²) < 4.78 is 0. The summed E-state index contributed by atoms with van der Waals surface area (Å²) in [6, 6.07) is 12.8. The van der Waals surface area contributed by atoms with Crippen molar-refractivity contribution in [2.45, 2.75) is 38.8 Å². The van der Waals surface area contributed by atoms with Gasteiger partial charge in [0.15, 0.2) is 0 Å². The number of aromatic nitrogens is 1. The normalized spacial score (nSPS) is 21.9. The van der Waals surface area contributed by atoms with Gasteiger partial charge >= 0.3 is 0 Å². The Balaban J connectivity index is 1.31. The zero-order valence-electron chi connectivity index (χ0n) is 22.1. The largest absolute Gasteiger partial charge is 0.395 e.